The van der Waals surface area contributed by atoms with Gasteiger partial charge in [0.25, 0.3) is 0 Å². The Kier molecular flexibility index (Phi) is 3.16. The molecule has 3 heteroatoms. The Balaban J connectivity index is 1.77. The summed E-state index contributed by atoms with van der Waals surface area (Å²) in [5, 5.41) is 4.47. The Morgan fingerprint density at radius 3 is 2.76 bits per heavy atom. The number of benzene rings is 2. The van der Waals surface area contributed by atoms with Crippen molar-refractivity contribution in [2.24, 2.45) is 5.92 Å². The molecule has 0 radical (unpaired) electrons. The van der Waals surface area contributed by atoms with E-state index in [1.165, 1.54) is 16.7 Å². The molecule has 0 bridgehead atoms. The molecule has 0 aliphatic carbocycles. The summed E-state index contributed by atoms with van der Waals surface area (Å²) in [6.45, 7) is 2.95. The fraction of sp³-hybridized carbons (Fsp3) is 0.333. The Bertz CT molecular complexity index is 667. The molecule has 108 valence electrons. The zero-order chi connectivity index (χ0) is 14.4. The van der Waals surface area contributed by atoms with Crippen molar-refractivity contribution in [1.82, 2.24) is 0 Å². The minimum atomic E-state index is 0.159. The molecule has 0 aromatic heterocycles. The number of anilines is 1. The van der Waals surface area contributed by atoms with E-state index in [2.05, 4.69) is 42.6 Å². The number of nitrogens with one attached hydrogen (secondary N) is 1. The van der Waals surface area contributed by atoms with Crippen LogP contribution in [-0.2, 0) is 4.74 Å². The predicted octanol–water partition coefficient (Wildman–Crippen LogP) is 4.89. The molecule has 21 heavy (non-hydrogen) atoms. The second kappa shape index (κ2) is 5.04. The molecule has 4 rings (SSSR count). The van der Waals surface area contributed by atoms with Crippen LogP contribution in [0.3, 0.4) is 0 Å². The first kappa shape index (κ1) is 13.2. The normalized spacial score (nSPS) is 26.9. The number of halogens is 1. The highest BCUT2D eigenvalue weighted by molar-refractivity contribution is 6.30. The molecule has 1 fully saturated rings. The number of fused-ring (bicyclic) bond motifs is 3. The maximum absolute atomic E-state index is 6.15. The lowest BCUT2D eigenvalue weighted by Gasteiger charge is -2.36. The highest BCUT2D eigenvalue weighted by Crippen LogP contribution is 2.50. The van der Waals surface area contributed by atoms with Crippen LogP contribution in [0.5, 0.6) is 0 Å². The summed E-state index contributed by atoms with van der Waals surface area (Å²) in [5.41, 5.74) is 4.98. The van der Waals surface area contributed by atoms with E-state index in [1.807, 2.05) is 12.1 Å². The zero-order valence-corrected chi connectivity index (χ0v) is 12.7. The molecule has 2 aliphatic heterocycles. The summed E-state index contributed by atoms with van der Waals surface area (Å²) >= 11 is 6.15. The van der Waals surface area contributed by atoms with E-state index in [4.69, 9.17) is 16.3 Å². The largest absolute Gasteiger partial charge is 0.378 e. The standard InChI is InChI=1S/C18H18ClNO/c1-11-2-4-12(5-3-11)17-14-8-9-21-18(14)15-10-13(19)6-7-16(15)20-17/h2-7,10,14,17-18,20H,8-9H2,1H3. The van der Waals surface area contributed by atoms with Gasteiger partial charge < -0.3 is 10.1 Å². The van der Waals surface area contributed by atoms with Crippen LogP contribution in [0.4, 0.5) is 5.69 Å². The third kappa shape index (κ3) is 2.23. The van der Waals surface area contributed by atoms with Crippen molar-refractivity contribution in [3.05, 3.63) is 64.2 Å². The van der Waals surface area contributed by atoms with Crippen molar-refractivity contribution in [2.75, 3.05) is 11.9 Å². The lowest BCUT2D eigenvalue weighted by atomic mass is 9.81. The molecule has 2 aromatic carbocycles. The molecule has 0 spiro atoms. The predicted molar refractivity (Wildman–Crippen MR) is 85.8 cm³/mol. The second-order valence-electron chi connectivity index (χ2n) is 6.01. The van der Waals surface area contributed by atoms with Gasteiger partial charge in [0, 0.05) is 28.8 Å². The van der Waals surface area contributed by atoms with Crippen LogP contribution < -0.4 is 5.32 Å². The van der Waals surface area contributed by atoms with E-state index < -0.39 is 0 Å². The number of aryl methyl sites for hydroxylation is 1. The lowest BCUT2D eigenvalue weighted by molar-refractivity contribution is 0.0829. The van der Waals surface area contributed by atoms with Gasteiger partial charge in [0.05, 0.1) is 12.1 Å². The van der Waals surface area contributed by atoms with Gasteiger partial charge in [-0.15, -0.1) is 0 Å². The molecular formula is C18H18ClNO. The van der Waals surface area contributed by atoms with Crippen LogP contribution in [0.25, 0.3) is 0 Å². The van der Waals surface area contributed by atoms with Crippen molar-refractivity contribution in [1.29, 1.82) is 0 Å². The molecular weight excluding hydrogens is 282 g/mol. The number of rotatable bonds is 1. The van der Waals surface area contributed by atoms with Crippen molar-refractivity contribution >= 4 is 17.3 Å². The van der Waals surface area contributed by atoms with Crippen LogP contribution in [-0.4, -0.2) is 6.61 Å². The van der Waals surface area contributed by atoms with E-state index in [0.29, 0.717) is 12.0 Å². The Hall–Kier alpha value is -1.51. The molecule has 2 nitrogen and oxygen atoms in total. The summed E-state index contributed by atoms with van der Waals surface area (Å²) < 4.78 is 6.02. The van der Waals surface area contributed by atoms with Gasteiger partial charge in [0.15, 0.2) is 0 Å². The van der Waals surface area contributed by atoms with Crippen molar-refractivity contribution in [3.8, 4) is 0 Å². The van der Waals surface area contributed by atoms with Crippen molar-refractivity contribution in [3.63, 3.8) is 0 Å². The number of ether oxygens (including phenoxy) is 1. The fourth-order valence-electron chi connectivity index (χ4n) is 3.55. The van der Waals surface area contributed by atoms with Gasteiger partial charge in [0.1, 0.15) is 0 Å². The molecule has 2 aromatic rings. The molecule has 1 saturated heterocycles. The van der Waals surface area contributed by atoms with Crippen LogP contribution in [0.15, 0.2) is 42.5 Å². The lowest BCUT2D eigenvalue weighted by Crippen LogP contribution is -2.29. The summed E-state index contributed by atoms with van der Waals surface area (Å²) in [7, 11) is 0. The maximum atomic E-state index is 6.15. The van der Waals surface area contributed by atoms with E-state index in [0.717, 1.165) is 23.7 Å². The molecule has 3 unspecified atom stereocenters. The topological polar surface area (TPSA) is 21.3 Å². The van der Waals surface area contributed by atoms with Crippen LogP contribution >= 0.6 is 11.6 Å². The van der Waals surface area contributed by atoms with Gasteiger partial charge in [-0.3, -0.25) is 0 Å². The van der Waals surface area contributed by atoms with Gasteiger partial charge in [0.2, 0.25) is 0 Å². The first-order chi connectivity index (χ1) is 10.2. The molecule has 2 heterocycles. The van der Waals surface area contributed by atoms with Gasteiger partial charge in [-0.25, -0.2) is 0 Å². The van der Waals surface area contributed by atoms with Crippen LogP contribution in [0.2, 0.25) is 5.02 Å². The molecule has 1 N–H and O–H groups in total. The third-order valence-electron chi connectivity index (χ3n) is 4.63. The summed E-state index contributed by atoms with van der Waals surface area (Å²) in [5.74, 6) is 0.471. The van der Waals surface area contributed by atoms with E-state index in [9.17, 15) is 0 Å². The van der Waals surface area contributed by atoms with Gasteiger partial charge in [-0.2, -0.15) is 0 Å². The zero-order valence-electron chi connectivity index (χ0n) is 12.0. The van der Waals surface area contributed by atoms with Gasteiger partial charge in [-0.1, -0.05) is 41.4 Å². The molecule has 3 atom stereocenters. The van der Waals surface area contributed by atoms with E-state index in [1.54, 1.807) is 0 Å². The first-order valence-corrected chi connectivity index (χ1v) is 7.84. The van der Waals surface area contributed by atoms with Crippen LogP contribution in [0.1, 0.15) is 35.3 Å². The summed E-state index contributed by atoms with van der Waals surface area (Å²) in [6.07, 6.45) is 1.24. The molecule has 0 saturated carbocycles. The van der Waals surface area contributed by atoms with Gasteiger partial charge >= 0.3 is 0 Å². The fourth-order valence-corrected chi connectivity index (χ4v) is 3.73. The maximum Gasteiger partial charge on any atom is 0.0897 e. The quantitative estimate of drug-likeness (QED) is 0.809. The summed E-state index contributed by atoms with van der Waals surface area (Å²) in [4.78, 5) is 0. The van der Waals surface area contributed by atoms with Gasteiger partial charge in [-0.05, 0) is 37.1 Å². The minimum absolute atomic E-state index is 0.159. The highest BCUT2D eigenvalue weighted by Gasteiger charge is 2.41. The van der Waals surface area contributed by atoms with Crippen molar-refractivity contribution in [2.45, 2.75) is 25.5 Å². The monoisotopic (exact) mass is 299 g/mol. The van der Waals surface area contributed by atoms with E-state index in [-0.39, 0.29) is 6.10 Å². The third-order valence-corrected chi connectivity index (χ3v) is 4.87. The smallest absolute Gasteiger partial charge is 0.0897 e. The average molecular weight is 300 g/mol. The molecule has 0 amide bonds. The second-order valence-corrected chi connectivity index (χ2v) is 6.44. The SMILES string of the molecule is Cc1ccc(C2Nc3ccc(Cl)cc3C3OCCC23)cc1. The summed E-state index contributed by atoms with van der Waals surface area (Å²) in [6, 6.07) is 15.2. The Labute approximate surface area is 130 Å². The Morgan fingerprint density at radius 2 is 1.95 bits per heavy atom. The first-order valence-electron chi connectivity index (χ1n) is 7.46. The minimum Gasteiger partial charge on any atom is -0.378 e. The molecule has 2 aliphatic rings. The van der Waals surface area contributed by atoms with Crippen molar-refractivity contribution < 1.29 is 4.74 Å². The number of hydrogen-bond acceptors (Lipinski definition) is 2. The highest BCUT2D eigenvalue weighted by atomic mass is 35.5. The van der Waals surface area contributed by atoms with Crippen LogP contribution in [0, 0.1) is 12.8 Å². The number of hydrogen-bond donors (Lipinski definition) is 1. The Morgan fingerprint density at radius 1 is 1.14 bits per heavy atom. The van der Waals surface area contributed by atoms with E-state index >= 15 is 0 Å². The average Bonchev–Trinajstić information content (AvgIpc) is 2.97.